The van der Waals surface area contributed by atoms with Crippen molar-refractivity contribution in [1.29, 1.82) is 0 Å². The molecule has 1 aromatic heterocycles. The number of carbonyl (C=O) groups excluding carboxylic acids is 1. The van der Waals surface area contributed by atoms with Gasteiger partial charge < -0.3 is 0 Å². The van der Waals surface area contributed by atoms with E-state index in [0.29, 0.717) is 23.7 Å². The molecule has 0 bridgehead atoms. The van der Waals surface area contributed by atoms with E-state index in [1.807, 2.05) is 13.8 Å². The number of benzene rings is 1. The van der Waals surface area contributed by atoms with Crippen LogP contribution in [0.4, 0.5) is 0 Å². The molecule has 0 radical (unpaired) electrons. The molecular formula is C16H20N4O3S. The highest BCUT2D eigenvalue weighted by Gasteiger charge is 2.14. The fourth-order valence-electron chi connectivity index (χ4n) is 1.91. The Morgan fingerprint density at radius 3 is 2.58 bits per heavy atom. The Kier molecular flexibility index (Phi) is 5.99. The van der Waals surface area contributed by atoms with E-state index in [2.05, 4.69) is 20.1 Å². The lowest BCUT2D eigenvalue weighted by Crippen LogP contribution is -2.25. The molecular weight excluding hydrogens is 328 g/mol. The average Bonchev–Trinajstić information content (AvgIpc) is 3.05. The van der Waals surface area contributed by atoms with Crippen LogP contribution in [0.3, 0.4) is 0 Å². The Morgan fingerprint density at radius 1 is 1.29 bits per heavy atom. The molecule has 0 saturated heterocycles. The standard InChI is InChI=1S/C16H20N4O3S/c1-12(2)9-10-18-24(22,23)15-6-3-13(4-7-15)16(21)8-5-14-11-17-20-19-14/h3-8,11-12,18H,9-10H2,1-2H3,(H,17,19,20)/b8-5+. The molecule has 0 aliphatic carbocycles. The Balaban J connectivity index is 2.03. The number of nitrogens with zero attached hydrogens (tertiary/aromatic N) is 2. The molecule has 8 heteroatoms. The average molecular weight is 348 g/mol. The van der Waals surface area contributed by atoms with Gasteiger partial charge in [0.2, 0.25) is 10.0 Å². The number of hydrogen-bond donors (Lipinski definition) is 2. The van der Waals surface area contributed by atoms with Crippen LogP contribution in [0, 0.1) is 5.92 Å². The van der Waals surface area contributed by atoms with Crippen molar-refractivity contribution in [3.63, 3.8) is 0 Å². The van der Waals surface area contributed by atoms with Crippen molar-refractivity contribution in [1.82, 2.24) is 20.1 Å². The second kappa shape index (κ2) is 7.98. The number of rotatable bonds is 8. The zero-order chi connectivity index (χ0) is 17.6. The SMILES string of the molecule is CC(C)CCNS(=O)(=O)c1ccc(C(=O)/C=C/c2cn[nH]n2)cc1. The molecule has 7 nitrogen and oxygen atoms in total. The summed E-state index contributed by atoms with van der Waals surface area (Å²) in [4.78, 5) is 12.2. The molecule has 0 spiro atoms. The van der Waals surface area contributed by atoms with Crippen LogP contribution in [0.1, 0.15) is 36.3 Å². The van der Waals surface area contributed by atoms with Crippen molar-refractivity contribution in [2.24, 2.45) is 5.92 Å². The fraction of sp³-hybridized carbons (Fsp3) is 0.312. The molecule has 1 aromatic carbocycles. The van der Waals surface area contributed by atoms with Gasteiger partial charge >= 0.3 is 0 Å². The van der Waals surface area contributed by atoms with E-state index in [1.54, 1.807) is 0 Å². The van der Waals surface area contributed by atoms with Gasteiger partial charge in [-0.25, -0.2) is 13.1 Å². The first-order valence-corrected chi connectivity index (χ1v) is 9.05. The maximum Gasteiger partial charge on any atom is 0.240 e. The first kappa shape index (κ1) is 18.0. The predicted octanol–water partition coefficient (Wildman–Crippen LogP) is 2.03. The number of allylic oxidation sites excluding steroid dienone is 1. The van der Waals surface area contributed by atoms with Crippen LogP contribution in [0.5, 0.6) is 0 Å². The van der Waals surface area contributed by atoms with Gasteiger partial charge in [0.25, 0.3) is 0 Å². The molecule has 0 aliphatic rings. The van der Waals surface area contributed by atoms with Crippen molar-refractivity contribution in [2.45, 2.75) is 25.2 Å². The normalized spacial score (nSPS) is 12.1. The summed E-state index contributed by atoms with van der Waals surface area (Å²) in [6.45, 7) is 4.45. The number of sulfonamides is 1. The van der Waals surface area contributed by atoms with E-state index < -0.39 is 10.0 Å². The number of ketones is 1. The molecule has 128 valence electrons. The third-order valence-electron chi connectivity index (χ3n) is 3.30. The molecule has 0 atom stereocenters. The summed E-state index contributed by atoms with van der Waals surface area (Å²) in [6, 6.07) is 5.84. The Bertz CT molecular complexity index is 794. The monoisotopic (exact) mass is 348 g/mol. The first-order valence-electron chi connectivity index (χ1n) is 7.56. The van der Waals surface area contributed by atoms with Gasteiger partial charge in [0.1, 0.15) is 5.69 Å². The molecule has 24 heavy (non-hydrogen) atoms. The van der Waals surface area contributed by atoms with Gasteiger partial charge in [-0.2, -0.15) is 15.4 Å². The molecule has 2 aromatic rings. The number of aromatic nitrogens is 3. The largest absolute Gasteiger partial charge is 0.289 e. The van der Waals surface area contributed by atoms with Crippen LogP contribution in [-0.2, 0) is 10.0 Å². The van der Waals surface area contributed by atoms with E-state index in [4.69, 9.17) is 0 Å². The maximum absolute atomic E-state index is 12.1. The Hall–Kier alpha value is -2.32. The van der Waals surface area contributed by atoms with Crippen LogP contribution in [0.25, 0.3) is 6.08 Å². The van der Waals surface area contributed by atoms with E-state index in [9.17, 15) is 13.2 Å². The molecule has 0 saturated carbocycles. The Morgan fingerprint density at radius 2 is 2.00 bits per heavy atom. The molecule has 0 amide bonds. The van der Waals surface area contributed by atoms with Crippen molar-refractivity contribution in [3.05, 3.63) is 47.8 Å². The minimum Gasteiger partial charge on any atom is -0.289 e. The van der Waals surface area contributed by atoms with Crippen LogP contribution in [-0.4, -0.2) is 36.2 Å². The maximum atomic E-state index is 12.1. The number of nitrogens with one attached hydrogen (secondary N) is 2. The van der Waals surface area contributed by atoms with Gasteiger partial charge in [-0.3, -0.25) is 4.79 Å². The predicted molar refractivity (Wildman–Crippen MR) is 90.8 cm³/mol. The van der Waals surface area contributed by atoms with Crippen LogP contribution < -0.4 is 4.72 Å². The quantitative estimate of drug-likeness (QED) is 0.561. The van der Waals surface area contributed by atoms with Crippen molar-refractivity contribution in [3.8, 4) is 0 Å². The van der Waals surface area contributed by atoms with Crippen molar-refractivity contribution < 1.29 is 13.2 Å². The van der Waals surface area contributed by atoms with E-state index in [-0.39, 0.29) is 10.7 Å². The second-order valence-corrected chi connectivity index (χ2v) is 7.46. The van der Waals surface area contributed by atoms with Gasteiger partial charge in [-0.15, -0.1) is 0 Å². The molecule has 2 N–H and O–H groups in total. The van der Waals surface area contributed by atoms with Gasteiger partial charge in [0.05, 0.1) is 11.1 Å². The number of carbonyl (C=O) groups is 1. The topological polar surface area (TPSA) is 105 Å². The highest BCUT2D eigenvalue weighted by atomic mass is 32.2. The summed E-state index contributed by atoms with van der Waals surface area (Å²) in [5, 5.41) is 9.89. The van der Waals surface area contributed by atoms with Gasteiger partial charge in [-0.1, -0.05) is 13.8 Å². The lowest BCUT2D eigenvalue weighted by atomic mass is 10.1. The van der Waals surface area contributed by atoms with Gasteiger partial charge in [-0.05, 0) is 48.8 Å². The van der Waals surface area contributed by atoms with Gasteiger partial charge in [0.15, 0.2) is 5.78 Å². The minimum atomic E-state index is -3.55. The van der Waals surface area contributed by atoms with E-state index in [0.717, 1.165) is 6.42 Å². The first-order chi connectivity index (χ1) is 11.4. The summed E-state index contributed by atoms with van der Waals surface area (Å²) >= 11 is 0. The van der Waals surface area contributed by atoms with Gasteiger partial charge in [0, 0.05) is 12.1 Å². The smallest absolute Gasteiger partial charge is 0.240 e. The number of hydrogen-bond acceptors (Lipinski definition) is 5. The fourth-order valence-corrected chi connectivity index (χ4v) is 2.96. The molecule has 2 rings (SSSR count). The molecule has 1 heterocycles. The molecule has 0 fully saturated rings. The third kappa shape index (κ3) is 5.10. The van der Waals surface area contributed by atoms with E-state index in [1.165, 1.54) is 42.6 Å². The van der Waals surface area contributed by atoms with Crippen molar-refractivity contribution >= 4 is 21.9 Å². The number of aromatic amines is 1. The lowest BCUT2D eigenvalue weighted by Gasteiger charge is -2.08. The second-order valence-electron chi connectivity index (χ2n) is 5.70. The zero-order valence-electron chi connectivity index (χ0n) is 13.6. The zero-order valence-corrected chi connectivity index (χ0v) is 14.4. The van der Waals surface area contributed by atoms with Crippen LogP contribution >= 0.6 is 0 Å². The third-order valence-corrected chi connectivity index (χ3v) is 4.78. The summed E-state index contributed by atoms with van der Waals surface area (Å²) in [5.74, 6) is 0.180. The number of H-pyrrole nitrogens is 1. The van der Waals surface area contributed by atoms with Crippen LogP contribution in [0.2, 0.25) is 0 Å². The van der Waals surface area contributed by atoms with Crippen molar-refractivity contribution in [2.75, 3.05) is 6.54 Å². The van der Waals surface area contributed by atoms with E-state index >= 15 is 0 Å². The summed E-state index contributed by atoms with van der Waals surface area (Å²) in [7, 11) is -3.55. The summed E-state index contributed by atoms with van der Waals surface area (Å²) in [6.07, 6.45) is 5.15. The Labute approximate surface area is 141 Å². The summed E-state index contributed by atoms with van der Waals surface area (Å²) < 4.78 is 26.8. The molecule has 0 unspecified atom stereocenters. The minimum absolute atomic E-state index is 0.142. The summed E-state index contributed by atoms with van der Waals surface area (Å²) in [5.41, 5.74) is 0.938. The lowest BCUT2D eigenvalue weighted by molar-refractivity contribution is 0.104. The highest BCUT2D eigenvalue weighted by Crippen LogP contribution is 2.12. The van der Waals surface area contributed by atoms with Crippen LogP contribution in [0.15, 0.2) is 41.4 Å². The molecule has 0 aliphatic heterocycles. The highest BCUT2D eigenvalue weighted by molar-refractivity contribution is 7.89.